The van der Waals surface area contributed by atoms with Crippen LogP contribution in [0.25, 0.3) is 10.9 Å². The molecule has 0 saturated carbocycles. The molecule has 5 heteroatoms. The van der Waals surface area contributed by atoms with E-state index in [2.05, 4.69) is 26.2 Å². The van der Waals surface area contributed by atoms with E-state index in [-0.39, 0.29) is 0 Å². The lowest BCUT2D eigenvalue weighted by molar-refractivity contribution is -0.139. The first-order valence-corrected chi connectivity index (χ1v) is 6.20. The molecule has 0 fully saturated rings. The molecule has 0 spiro atoms. The van der Waals surface area contributed by atoms with Gasteiger partial charge in [-0.2, -0.15) is 0 Å². The van der Waals surface area contributed by atoms with Gasteiger partial charge in [-0.1, -0.05) is 22.0 Å². The van der Waals surface area contributed by atoms with Gasteiger partial charge >= 0.3 is 5.97 Å². The highest BCUT2D eigenvalue weighted by atomic mass is 79.9. The van der Waals surface area contributed by atoms with E-state index in [4.69, 9.17) is 5.11 Å². The second-order valence-corrected chi connectivity index (χ2v) is 5.07. The number of rotatable bonds is 1. The Balaban J connectivity index is 2.17. The zero-order valence-corrected chi connectivity index (χ0v) is 10.5. The summed E-state index contributed by atoms with van der Waals surface area (Å²) in [6.07, 6.45) is 0.521. The number of aromatic amines is 1. The Morgan fingerprint density at radius 3 is 3.06 bits per heavy atom. The number of nitrogens with one attached hydrogen (secondary N) is 2. The van der Waals surface area contributed by atoms with E-state index in [0.29, 0.717) is 13.0 Å². The SMILES string of the molecule is O=C(O)C1Cc2c([nH]c3cccc(Br)c23)CN1. The van der Waals surface area contributed by atoms with Gasteiger partial charge in [0.1, 0.15) is 6.04 Å². The van der Waals surface area contributed by atoms with Gasteiger partial charge in [0.15, 0.2) is 0 Å². The van der Waals surface area contributed by atoms with Crippen molar-refractivity contribution in [1.82, 2.24) is 10.3 Å². The Morgan fingerprint density at radius 1 is 1.47 bits per heavy atom. The number of aromatic nitrogens is 1. The number of H-pyrrole nitrogens is 1. The number of halogens is 1. The molecule has 1 aromatic heterocycles. The third kappa shape index (κ3) is 1.66. The number of aliphatic carboxylic acids is 1. The number of fused-ring (bicyclic) bond motifs is 3. The summed E-state index contributed by atoms with van der Waals surface area (Å²) in [5, 5.41) is 13.2. The molecule has 1 atom stereocenters. The van der Waals surface area contributed by atoms with Gasteiger partial charge in [0, 0.05) is 34.0 Å². The van der Waals surface area contributed by atoms with Crippen molar-refractivity contribution >= 4 is 32.8 Å². The molecule has 2 aromatic rings. The number of carboxylic acids is 1. The fourth-order valence-corrected chi connectivity index (χ4v) is 2.98. The number of hydrogen-bond acceptors (Lipinski definition) is 2. The lowest BCUT2D eigenvalue weighted by Crippen LogP contribution is -2.41. The number of carboxylic acid groups (broad SMARTS) is 1. The molecule has 0 aliphatic carbocycles. The van der Waals surface area contributed by atoms with Crippen molar-refractivity contribution in [3.63, 3.8) is 0 Å². The number of hydrogen-bond donors (Lipinski definition) is 3. The summed E-state index contributed by atoms with van der Waals surface area (Å²) >= 11 is 3.52. The van der Waals surface area contributed by atoms with Crippen LogP contribution in [0, 0.1) is 0 Å². The second-order valence-electron chi connectivity index (χ2n) is 4.22. The largest absolute Gasteiger partial charge is 0.480 e. The van der Waals surface area contributed by atoms with E-state index in [1.165, 1.54) is 0 Å². The summed E-state index contributed by atoms with van der Waals surface area (Å²) in [7, 11) is 0. The van der Waals surface area contributed by atoms with E-state index in [1.54, 1.807) is 0 Å². The minimum Gasteiger partial charge on any atom is -0.480 e. The molecule has 1 aromatic carbocycles. The first-order chi connectivity index (χ1) is 8.16. The van der Waals surface area contributed by atoms with Crippen LogP contribution < -0.4 is 5.32 Å². The van der Waals surface area contributed by atoms with Crippen molar-refractivity contribution in [1.29, 1.82) is 0 Å². The van der Waals surface area contributed by atoms with E-state index >= 15 is 0 Å². The molecule has 0 radical (unpaired) electrons. The molecule has 1 aliphatic heterocycles. The van der Waals surface area contributed by atoms with Gasteiger partial charge in [0.05, 0.1) is 0 Å². The molecule has 3 rings (SSSR count). The van der Waals surface area contributed by atoms with Gasteiger partial charge in [-0.3, -0.25) is 10.1 Å². The average molecular weight is 295 g/mol. The predicted molar refractivity (Wildman–Crippen MR) is 68.0 cm³/mol. The van der Waals surface area contributed by atoms with Crippen LogP contribution in [0.5, 0.6) is 0 Å². The average Bonchev–Trinajstić information content (AvgIpc) is 2.67. The Bertz CT molecular complexity index is 606. The third-order valence-electron chi connectivity index (χ3n) is 3.20. The normalized spacial score (nSPS) is 19.2. The van der Waals surface area contributed by atoms with Crippen LogP contribution in [-0.4, -0.2) is 22.1 Å². The number of benzene rings is 1. The van der Waals surface area contributed by atoms with Crippen LogP contribution in [-0.2, 0) is 17.8 Å². The first kappa shape index (κ1) is 10.8. The molecule has 4 nitrogen and oxygen atoms in total. The van der Waals surface area contributed by atoms with Crippen molar-refractivity contribution in [2.75, 3.05) is 0 Å². The summed E-state index contributed by atoms with van der Waals surface area (Å²) < 4.78 is 1.01. The monoisotopic (exact) mass is 294 g/mol. The van der Waals surface area contributed by atoms with Crippen molar-refractivity contribution < 1.29 is 9.90 Å². The topological polar surface area (TPSA) is 65.1 Å². The van der Waals surface area contributed by atoms with Crippen LogP contribution in [0.1, 0.15) is 11.3 Å². The van der Waals surface area contributed by atoms with Gasteiger partial charge in [-0.15, -0.1) is 0 Å². The Labute approximate surface area is 106 Å². The predicted octanol–water partition coefficient (Wildman–Crippen LogP) is 2.03. The summed E-state index contributed by atoms with van der Waals surface area (Å²) in [4.78, 5) is 14.4. The molecule has 0 amide bonds. The van der Waals surface area contributed by atoms with E-state index in [9.17, 15) is 4.79 Å². The quantitative estimate of drug-likeness (QED) is 0.754. The lowest BCUT2D eigenvalue weighted by atomic mass is 9.99. The highest BCUT2D eigenvalue weighted by Crippen LogP contribution is 2.32. The second kappa shape index (κ2) is 3.85. The molecular weight excluding hydrogens is 284 g/mol. The standard InChI is InChI=1S/C12H11BrN2O2/c13-7-2-1-3-8-11(7)6-4-9(12(16)17)14-5-10(6)15-8/h1-3,9,14-15H,4-5H2,(H,16,17). The van der Waals surface area contributed by atoms with Gasteiger partial charge < -0.3 is 10.1 Å². The summed E-state index contributed by atoms with van der Waals surface area (Å²) in [6, 6.07) is 5.47. The molecule has 0 saturated heterocycles. The molecule has 17 heavy (non-hydrogen) atoms. The van der Waals surface area contributed by atoms with Crippen LogP contribution in [0.4, 0.5) is 0 Å². The van der Waals surface area contributed by atoms with Crippen LogP contribution >= 0.6 is 15.9 Å². The Morgan fingerprint density at radius 2 is 2.29 bits per heavy atom. The van der Waals surface area contributed by atoms with Gasteiger partial charge in [-0.05, 0) is 17.7 Å². The van der Waals surface area contributed by atoms with Crippen molar-refractivity contribution in [3.05, 3.63) is 33.9 Å². The van der Waals surface area contributed by atoms with E-state index in [1.807, 2.05) is 18.2 Å². The maximum atomic E-state index is 11.0. The maximum absolute atomic E-state index is 11.0. The number of carbonyl (C=O) groups is 1. The molecule has 0 bridgehead atoms. The smallest absolute Gasteiger partial charge is 0.321 e. The van der Waals surface area contributed by atoms with Gasteiger partial charge in [0.2, 0.25) is 0 Å². The van der Waals surface area contributed by atoms with Crippen molar-refractivity contribution in [3.8, 4) is 0 Å². The van der Waals surface area contributed by atoms with Crippen LogP contribution in [0.15, 0.2) is 22.7 Å². The summed E-state index contributed by atoms with van der Waals surface area (Å²) in [5.41, 5.74) is 3.25. The highest BCUT2D eigenvalue weighted by molar-refractivity contribution is 9.10. The fourth-order valence-electron chi connectivity index (χ4n) is 2.38. The van der Waals surface area contributed by atoms with Gasteiger partial charge in [0.25, 0.3) is 0 Å². The Hall–Kier alpha value is -1.33. The minimum absolute atomic E-state index is 0.492. The molecular formula is C12H11BrN2O2. The Kier molecular flexibility index (Phi) is 2.45. The van der Waals surface area contributed by atoms with Crippen molar-refractivity contribution in [2.24, 2.45) is 0 Å². The molecule has 1 unspecified atom stereocenters. The van der Waals surface area contributed by atoms with Gasteiger partial charge in [-0.25, -0.2) is 0 Å². The molecule has 1 aliphatic rings. The van der Waals surface area contributed by atoms with Crippen LogP contribution in [0.3, 0.4) is 0 Å². The summed E-state index contributed by atoms with van der Waals surface area (Å²) in [6.45, 7) is 0.577. The summed E-state index contributed by atoms with van der Waals surface area (Å²) in [5.74, 6) is -0.794. The molecule has 2 heterocycles. The minimum atomic E-state index is -0.794. The highest BCUT2D eigenvalue weighted by Gasteiger charge is 2.26. The molecule has 3 N–H and O–H groups in total. The fraction of sp³-hybridized carbons (Fsp3) is 0.250. The van der Waals surface area contributed by atoms with E-state index < -0.39 is 12.0 Å². The zero-order chi connectivity index (χ0) is 12.0. The van der Waals surface area contributed by atoms with Crippen LogP contribution in [0.2, 0.25) is 0 Å². The first-order valence-electron chi connectivity index (χ1n) is 5.41. The third-order valence-corrected chi connectivity index (χ3v) is 3.86. The maximum Gasteiger partial charge on any atom is 0.321 e. The zero-order valence-electron chi connectivity index (χ0n) is 8.96. The van der Waals surface area contributed by atoms with Crippen molar-refractivity contribution in [2.45, 2.75) is 19.0 Å². The molecule has 88 valence electrons. The lowest BCUT2D eigenvalue weighted by Gasteiger charge is -2.20. The van der Waals surface area contributed by atoms with E-state index in [0.717, 1.165) is 26.6 Å².